The fraction of sp³-hybridized carbons (Fsp3) is 0.857. The Hall–Kier alpha value is -1.10. The molecule has 1 saturated heterocycles. The summed E-state index contributed by atoms with van der Waals surface area (Å²) in [5.41, 5.74) is -0.337. The molecule has 0 spiro atoms. The second-order valence-corrected chi connectivity index (χ2v) is 6.19. The zero-order chi connectivity index (χ0) is 14.0. The van der Waals surface area contributed by atoms with Gasteiger partial charge in [0.25, 0.3) is 0 Å². The van der Waals surface area contributed by atoms with Gasteiger partial charge >= 0.3 is 5.97 Å². The molecule has 2 fully saturated rings. The molecule has 1 N–H and O–H groups in total. The number of morpholine rings is 1. The maximum absolute atomic E-state index is 12.7. The molecule has 2 aliphatic rings. The largest absolute Gasteiger partial charge is 0.481 e. The number of carboxylic acids is 1. The van der Waals surface area contributed by atoms with Crippen LogP contribution in [0.25, 0.3) is 0 Å². The van der Waals surface area contributed by atoms with Crippen molar-refractivity contribution in [2.24, 2.45) is 11.8 Å². The minimum atomic E-state index is -0.830. The van der Waals surface area contributed by atoms with Crippen molar-refractivity contribution < 1.29 is 19.4 Å². The van der Waals surface area contributed by atoms with Crippen LogP contribution in [0.5, 0.6) is 0 Å². The van der Waals surface area contributed by atoms with Crippen molar-refractivity contribution in [3.8, 4) is 0 Å². The maximum Gasteiger partial charge on any atom is 0.307 e. The van der Waals surface area contributed by atoms with Gasteiger partial charge in [0.2, 0.25) is 5.91 Å². The molecule has 0 aromatic carbocycles. The van der Waals surface area contributed by atoms with E-state index in [9.17, 15) is 14.7 Å². The van der Waals surface area contributed by atoms with Crippen molar-refractivity contribution in [1.82, 2.24) is 4.90 Å². The molecule has 5 nitrogen and oxygen atoms in total. The van der Waals surface area contributed by atoms with E-state index in [1.54, 1.807) is 0 Å². The van der Waals surface area contributed by atoms with Crippen LogP contribution in [-0.2, 0) is 14.3 Å². The van der Waals surface area contributed by atoms with Crippen LogP contribution >= 0.6 is 0 Å². The van der Waals surface area contributed by atoms with Crippen LogP contribution in [0.15, 0.2) is 0 Å². The van der Waals surface area contributed by atoms with Crippen molar-refractivity contribution in [1.29, 1.82) is 0 Å². The molecule has 1 heterocycles. The van der Waals surface area contributed by atoms with Gasteiger partial charge in [-0.25, -0.2) is 0 Å². The minimum Gasteiger partial charge on any atom is -0.481 e. The number of amides is 1. The molecule has 0 radical (unpaired) electrons. The van der Waals surface area contributed by atoms with E-state index in [1.807, 2.05) is 18.7 Å². The van der Waals surface area contributed by atoms with E-state index < -0.39 is 11.9 Å². The van der Waals surface area contributed by atoms with Crippen LogP contribution < -0.4 is 0 Å². The maximum atomic E-state index is 12.7. The van der Waals surface area contributed by atoms with Crippen molar-refractivity contribution in [3.05, 3.63) is 0 Å². The molecule has 1 aliphatic carbocycles. The zero-order valence-electron chi connectivity index (χ0n) is 11.7. The number of aliphatic carboxylic acids is 1. The molecular weight excluding hydrogens is 246 g/mol. The van der Waals surface area contributed by atoms with E-state index in [0.29, 0.717) is 32.6 Å². The van der Waals surface area contributed by atoms with E-state index in [-0.39, 0.29) is 17.4 Å². The van der Waals surface area contributed by atoms with Crippen LogP contribution in [0.1, 0.15) is 39.5 Å². The molecular formula is C14H23NO4. The third-order valence-corrected chi connectivity index (χ3v) is 4.31. The first-order valence-corrected chi connectivity index (χ1v) is 7.05. The molecule has 0 bridgehead atoms. The standard InChI is InChI=1S/C14H23NO4/c1-14(2)9-19-8-7-15(14)12(16)10-5-3-4-6-11(10)13(17)18/h10-11H,3-9H2,1-2H3,(H,17,18)/t10-,11+/m1/s1. The van der Waals surface area contributed by atoms with Gasteiger partial charge in [-0.1, -0.05) is 12.8 Å². The zero-order valence-corrected chi connectivity index (χ0v) is 11.7. The number of carboxylic acid groups (broad SMARTS) is 1. The molecule has 2 atom stereocenters. The number of ether oxygens (including phenoxy) is 1. The molecule has 0 unspecified atom stereocenters. The lowest BCUT2D eigenvalue weighted by Gasteiger charge is -2.44. The Kier molecular flexibility index (Phi) is 4.13. The molecule has 1 saturated carbocycles. The fourth-order valence-corrected chi connectivity index (χ4v) is 3.19. The van der Waals surface area contributed by atoms with E-state index >= 15 is 0 Å². The van der Waals surface area contributed by atoms with E-state index in [0.717, 1.165) is 12.8 Å². The lowest BCUT2D eigenvalue weighted by molar-refractivity contribution is -0.160. The Morgan fingerprint density at radius 1 is 1.21 bits per heavy atom. The summed E-state index contributed by atoms with van der Waals surface area (Å²) in [6.45, 7) is 5.57. The second kappa shape index (κ2) is 5.49. The highest BCUT2D eigenvalue weighted by Gasteiger charge is 2.42. The second-order valence-electron chi connectivity index (χ2n) is 6.19. The van der Waals surface area contributed by atoms with Gasteiger partial charge in [0.1, 0.15) is 0 Å². The van der Waals surface area contributed by atoms with Crippen molar-refractivity contribution >= 4 is 11.9 Å². The Balaban J connectivity index is 2.14. The third-order valence-electron chi connectivity index (χ3n) is 4.31. The average Bonchev–Trinajstić information content (AvgIpc) is 2.37. The Bertz CT molecular complexity index is 366. The highest BCUT2D eigenvalue weighted by molar-refractivity contribution is 5.85. The summed E-state index contributed by atoms with van der Waals surface area (Å²) >= 11 is 0. The van der Waals surface area contributed by atoms with Crippen molar-refractivity contribution in [2.45, 2.75) is 45.1 Å². The predicted octanol–water partition coefficient (Wildman–Crippen LogP) is 1.51. The molecule has 5 heteroatoms. The number of hydrogen-bond acceptors (Lipinski definition) is 3. The summed E-state index contributed by atoms with van der Waals surface area (Å²) in [4.78, 5) is 25.8. The van der Waals surface area contributed by atoms with Crippen molar-refractivity contribution in [2.75, 3.05) is 19.8 Å². The number of nitrogens with zero attached hydrogens (tertiary/aromatic N) is 1. The first-order chi connectivity index (χ1) is 8.93. The van der Waals surface area contributed by atoms with Gasteiger partial charge < -0.3 is 14.7 Å². The molecule has 1 amide bonds. The summed E-state index contributed by atoms with van der Waals surface area (Å²) in [6.07, 6.45) is 3.18. The van der Waals surface area contributed by atoms with Gasteiger partial charge in [-0.3, -0.25) is 9.59 Å². The Labute approximate surface area is 113 Å². The first-order valence-electron chi connectivity index (χ1n) is 7.05. The lowest BCUT2D eigenvalue weighted by atomic mass is 9.78. The molecule has 0 aromatic heterocycles. The van der Waals surface area contributed by atoms with Gasteiger partial charge in [0, 0.05) is 6.54 Å². The molecule has 1 aliphatic heterocycles. The highest BCUT2D eigenvalue weighted by Crippen LogP contribution is 2.34. The van der Waals surface area contributed by atoms with E-state index in [1.165, 1.54) is 0 Å². The monoisotopic (exact) mass is 269 g/mol. The summed E-state index contributed by atoms with van der Waals surface area (Å²) in [6, 6.07) is 0. The summed E-state index contributed by atoms with van der Waals surface area (Å²) in [5, 5.41) is 9.29. The average molecular weight is 269 g/mol. The normalized spacial score (nSPS) is 30.9. The quantitative estimate of drug-likeness (QED) is 0.825. The molecule has 0 aromatic rings. The topological polar surface area (TPSA) is 66.8 Å². The SMILES string of the molecule is CC1(C)COCCN1C(=O)[C@@H]1CCCC[C@@H]1C(=O)O. The third kappa shape index (κ3) is 2.91. The highest BCUT2D eigenvalue weighted by atomic mass is 16.5. The summed E-state index contributed by atoms with van der Waals surface area (Å²) < 4.78 is 5.42. The number of hydrogen-bond donors (Lipinski definition) is 1. The van der Waals surface area contributed by atoms with Crippen molar-refractivity contribution in [3.63, 3.8) is 0 Å². The van der Waals surface area contributed by atoms with Gasteiger partial charge in [0.15, 0.2) is 0 Å². The van der Waals surface area contributed by atoms with Crippen LogP contribution in [0, 0.1) is 11.8 Å². The first kappa shape index (κ1) is 14.3. The number of rotatable bonds is 2. The minimum absolute atomic E-state index is 0.000370. The summed E-state index contributed by atoms with van der Waals surface area (Å²) in [7, 11) is 0. The number of carbonyl (C=O) groups is 2. The van der Waals surface area contributed by atoms with E-state index in [2.05, 4.69) is 0 Å². The van der Waals surface area contributed by atoms with Crippen LogP contribution in [0.4, 0.5) is 0 Å². The molecule has 19 heavy (non-hydrogen) atoms. The number of carbonyl (C=O) groups excluding carboxylic acids is 1. The van der Waals surface area contributed by atoms with Crippen LogP contribution in [-0.4, -0.2) is 47.2 Å². The predicted molar refractivity (Wildman–Crippen MR) is 69.7 cm³/mol. The molecule has 2 rings (SSSR count). The Morgan fingerprint density at radius 3 is 2.42 bits per heavy atom. The smallest absolute Gasteiger partial charge is 0.307 e. The van der Waals surface area contributed by atoms with Gasteiger partial charge in [-0.2, -0.15) is 0 Å². The van der Waals surface area contributed by atoms with E-state index in [4.69, 9.17) is 4.74 Å². The summed E-state index contributed by atoms with van der Waals surface area (Å²) in [5.74, 6) is -1.70. The van der Waals surface area contributed by atoms with Gasteiger partial charge in [-0.15, -0.1) is 0 Å². The lowest BCUT2D eigenvalue weighted by Crippen LogP contribution is -2.58. The molecule has 108 valence electrons. The van der Waals surface area contributed by atoms with Crippen LogP contribution in [0.3, 0.4) is 0 Å². The fourth-order valence-electron chi connectivity index (χ4n) is 3.19. The van der Waals surface area contributed by atoms with Gasteiger partial charge in [-0.05, 0) is 26.7 Å². The van der Waals surface area contributed by atoms with Crippen LogP contribution in [0.2, 0.25) is 0 Å². The Morgan fingerprint density at radius 2 is 1.84 bits per heavy atom. The van der Waals surface area contributed by atoms with Gasteiger partial charge in [0.05, 0.1) is 30.6 Å².